The SMILES string of the molecule is O=C1C=Cc2cccc3ccc(I)c1c23. The summed E-state index contributed by atoms with van der Waals surface area (Å²) in [6, 6.07) is 10.2. The van der Waals surface area contributed by atoms with Crippen molar-refractivity contribution in [1.82, 2.24) is 0 Å². The van der Waals surface area contributed by atoms with Crippen LogP contribution >= 0.6 is 22.6 Å². The van der Waals surface area contributed by atoms with Gasteiger partial charge in [-0.3, -0.25) is 4.79 Å². The summed E-state index contributed by atoms with van der Waals surface area (Å²) in [5.74, 6) is 0.115. The molecule has 1 nitrogen and oxygen atoms in total. The molecule has 1 aliphatic carbocycles. The van der Waals surface area contributed by atoms with Crippen LogP contribution in [0.5, 0.6) is 0 Å². The third-order valence-corrected chi connectivity index (χ3v) is 3.59. The van der Waals surface area contributed by atoms with Gasteiger partial charge in [-0.15, -0.1) is 0 Å². The van der Waals surface area contributed by atoms with Gasteiger partial charge in [-0.1, -0.05) is 30.3 Å². The summed E-state index contributed by atoms with van der Waals surface area (Å²) in [6.07, 6.45) is 3.55. The van der Waals surface area contributed by atoms with Crippen molar-refractivity contribution in [3.8, 4) is 0 Å². The van der Waals surface area contributed by atoms with Gasteiger partial charge >= 0.3 is 0 Å². The van der Waals surface area contributed by atoms with Crippen LogP contribution in [-0.4, -0.2) is 5.78 Å². The Labute approximate surface area is 101 Å². The maximum absolute atomic E-state index is 11.8. The van der Waals surface area contributed by atoms with Gasteiger partial charge in [0.25, 0.3) is 0 Å². The maximum Gasteiger partial charge on any atom is 0.187 e. The second kappa shape index (κ2) is 3.17. The van der Waals surface area contributed by atoms with Crippen molar-refractivity contribution in [3.05, 3.63) is 51.1 Å². The van der Waals surface area contributed by atoms with Gasteiger partial charge in [-0.2, -0.15) is 0 Å². The predicted octanol–water partition coefficient (Wildman–Crippen LogP) is 3.65. The summed E-state index contributed by atoms with van der Waals surface area (Å²) in [7, 11) is 0. The largest absolute Gasteiger partial charge is 0.289 e. The van der Waals surface area contributed by atoms with E-state index in [4.69, 9.17) is 0 Å². The molecule has 0 spiro atoms. The summed E-state index contributed by atoms with van der Waals surface area (Å²) < 4.78 is 1.03. The molecule has 0 saturated heterocycles. The average Bonchev–Trinajstić information content (AvgIpc) is 2.25. The van der Waals surface area contributed by atoms with E-state index in [9.17, 15) is 4.79 Å². The first kappa shape index (κ1) is 9.09. The second-order valence-corrected chi connectivity index (χ2v) is 4.73. The maximum atomic E-state index is 11.8. The van der Waals surface area contributed by atoms with E-state index in [0.717, 1.165) is 25.5 Å². The summed E-state index contributed by atoms with van der Waals surface area (Å²) in [6.45, 7) is 0. The smallest absolute Gasteiger partial charge is 0.187 e. The van der Waals surface area contributed by atoms with Crippen LogP contribution in [0.25, 0.3) is 16.8 Å². The molecule has 15 heavy (non-hydrogen) atoms. The highest BCUT2D eigenvalue weighted by molar-refractivity contribution is 14.1. The summed E-state index contributed by atoms with van der Waals surface area (Å²) >= 11 is 2.22. The fourth-order valence-corrected chi connectivity index (χ4v) is 2.73. The Morgan fingerprint density at radius 1 is 1.00 bits per heavy atom. The Hall–Kier alpha value is -1.16. The van der Waals surface area contributed by atoms with Crippen LogP contribution in [0.3, 0.4) is 0 Å². The Bertz CT molecular complexity index is 611. The number of rotatable bonds is 0. The van der Waals surface area contributed by atoms with Gasteiger partial charge in [-0.25, -0.2) is 0 Å². The Kier molecular flexibility index (Phi) is 1.92. The van der Waals surface area contributed by atoms with E-state index in [-0.39, 0.29) is 5.78 Å². The molecule has 0 radical (unpaired) electrons. The molecule has 0 heterocycles. The predicted molar refractivity (Wildman–Crippen MR) is 70.0 cm³/mol. The molecular weight excluding hydrogens is 299 g/mol. The third-order valence-electron chi connectivity index (χ3n) is 2.69. The molecule has 0 bridgehead atoms. The first-order chi connectivity index (χ1) is 7.27. The highest BCUT2D eigenvalue weighted by Gasteiger charge is 2.17. The molecule has 0 amide bonds. The Morgan fingerprint density at radius 3 is 2.73 bits per heavy atom. The molecular formula is C13H7IO. The molecule has 0 unspecified atom stereocenters. The molecule has 0 fully saturated rings. The number of benzene rings is 2. The summed E-state index contributed by atoms with van der Waals surface area (Å²) in [5.41, 5.74) is 1.99. The molecule has 0 aliphatic heterocycles. The number of carbonyl (C=O) groups excluding carboxylic acids is 1. The lowest BCUT2D eigenvalue weighted by molar-refractivity contribution is 0.104. The first-order valence-corrected chi connectivity index (χ1v) is 5.79. The van der Waals surface area contributed by atoms with Crippen molar-refractivity contribution in [2.24, 2.45) is 0 Å². The van der Waals surface area contributed by atoms with E-state index in [2.05, 4.69) is 28.7 Å². The van der Waals surface area contributed by atoms with Gasteiger partial charge in [0.2, 0.25) is 0 Å². The summed E-state index contributed by atoms with van der Waals surface area (Å²) in [4.78, 5) is 11.8. The lowest BCUT2D eigenvalue weighted by Crippen LogP contribution is -2.04. The number of allylic oxidation sites excluding steroid dienone is 1. The van der Waals surface area contributed by atoms with E-state index in [1.807, 2.05) is 30.3 Å². The molecule has 0 saturated carbocycles. The van der Waals surface area contributed by atoms with E-state index in [0.29, 0.717) is 0 Å². The van der Waals surface area contributed by atoms with Crippen LogP contribution in [0, 0.1) is 3.57 Å². The van der Waals surface area contributed by atoms with Crippen molar-refractivity contribution in [2.45, 2.75) is 0 Å². The number of hydrogen-bond acceptors (Lipinski definition) is 1. The molecule has 2 aromatic carbocycles. The number of carbonyl (C=O) groups is 1. The van der Waals surface area contributed by atoms with Crippen LogP contribution < -0.4 is 0 Å². The highest BCUT2D eigenvalue weighted by atomic mass is 127. The van der Waals surface area contributed by atoms with E-state index in [1.165, 1.54) is 0 Å². The lowest BCUT2D eigenvalue weighted by atomic mass is 9.92. The Morgan fingerprint density at radius 2 is 1.87 bits per heavy atom. The van der Waals surface area contributed by atoms with E-state index >= 15 is 0 Å². The van der Waals surface area contributed by atoms with Gasteiger partial charge in [0, 0.05) is 14.5 Å². The molecule has 2 aromatic rings. The minimum Gasteiger partial charge on any atom is -0.289 e. The first-order valence-electron chi connectivity index (χ1n) is 4.71. The highest BCUT2D eigenvalue weighted by Crippen LogP contribution is 2.31. The van der Waals surface area contributed by atoms with Gasteiger partial charge in [0.1, 0.15) is 0 Å². The minimum absolute atomic E-state index is 0.115. The quantitative estimate of drug-likeness (QED) is 0.679. The van der Waals surface area contributed by atoms with Gasteiger partial charge in [-0.05, 0) is 45.7 Å². The van der Waals surface area contributed by atoms with Crippen molar-refractivity contribution >= 4 is 45.2 Å². The zero-order valence-corrected chi connectivity index (χ0v) is 9.99. The van der Waals surface area contributed by atoms with Crippen LogP contribution in [0.15, 0.2) is 36.4 Å². The van der Waals surface area contributed by atoms with Gasteiger partial charge < -0.3 is 0 Å². The van der Waals surface area contributed by atoms with Crippen molar-refractivity contribution in [1.29, 1.82) is 0 Å². The zero-order valence-electron chi connectivity index (χ0n) is 7.83. The molecule has 72 valence electrons. The third kappa shape index (κ3) is 1.24. The van der Waals surface area contributed by atoms with Crippen LogP contribution in [0.2, 0.25) is 0 Å². The van der Waals surface area contributed by atoms with Crippen LogP contribution in [0.1, 0.15) is 15.9 Å². The van der Waals surface area contributed by atoms with Gasteiger partial charge in [0.05, 0.1) is 0 Å². The van der Waals surface area contributed by atoms with E-state index in [1.54, 1.807) is 6.08 Å². The second-order valence-electron chi connectivity index (χ2n) is 3.57. The molecule has 0 atom stereocenters. The standard InChI is InChI=1S/C13H7IO/c14-10-6-4-8-2-1-3-9-5-7-11(15)13(10)12(8)9/h1-7H. The van der Waals surface area contributed by atoms with Crippen LogP contribution in [0.4, 0.5) is 0 Å². The summed E-state index contributed by atoms with van der Waals surface area (Å²) in [5, 5.41) is 2.23. The number of halogens is 1. The molecule has 0 aromatic heterocycles. The fourth-order valence-electron chi connectivity index (χ4n) is 2.01. The zero-order chi connectivity index (χ0) is 10.4. The molecule has 2 heteroatoms. The molecule has 3 rings (SSSR count). The topological polar surface area (TPSA) is 17.1 Å². The minimum atomic E-state index is 0.115. The van der Waals surface area contributed by atoms with Gasteiger partial charge in [0.15, 0.2) is 5.78 Å². The molecule has 0 N–H and O–H groups in total. The van der Waals surface area contributed by atoms with Crippen molar-refractivity contribution in [3.63, 3.8) is 0 Å². The number of ketones is 1. The average molecular weight is 306 g/mol. The molecule has 1 aliphatic rings. The van der Waals surface area contributed by atoms with Crippen LogP contribution in [-0.2, 0) is 0 Å². The van der Waals surface area contributed by atoms with E-state index < -0.39 is 0 Å². The van der Waals surface area contributed by atoms with Crippen molar-refractivity contribution < 1.29 is 4.79 Å². The lowest BCUT2D eigenvalue weighted by Gasteiger charge is -2.12. The van der Waals surface area contributed by atoms with Crippen molar-refractivity contribution in [2.75, 3.05) is 0 Å². The fraction of sp³-hybridized carbons (Fsp3) is 0. The number of hydrogen-bond donors (Lipinski definition) is 0. The Balaban J connectivity index is 2.60. The monoisotopic (exact) mass is 306 g/mol. The normalized spacial score (nSPS) is 13.5.